The topological polar surface area (TPSA) is 163 Å². The quantitative estimate of drug-likeness (QED) is 0.0686. The van der Waals surface area contributed by atoms with Gasteiger partial charge in [0.05, 0.1) is 6.54 Å². The van der Waals surface area contributed by atoms with Gasteiger partial charge in [0.1, 0.15) is 5.52 Å². The largest absolute Gasteiger partial charge is 0.382 e. The number of benzene rings is 1. The van der Waals surface area contributed by atoms with Gasteiger partial charge in [0.15, 0.2) is 17.2 Å². The monoisotopic (exact) mass is 665 g/mol. The number of hydrogen-bond donors (Lipinski definition) is 5. The van der Waals surface area contributed by atoms with E-state index in [2.05, 4.69) is 70.5 Å². The predicted molar refractivity (Wildman–Crippen MR) is 196 cm³/mol. The van der Waals surface area contributed by atoms with Crippen molar-refractivity contribution in [3.05, 3.63) is 45.9 Å². The van der Waals surface area contributed by atoms with Gasteiger partial charge >= 0.3 is 5.69 Å². The number of anilines is 2. The summed E-state index contributed by atoms with van der Waals surface area (Å²) < 4.78 is 1.51. The van der Waals surface area contributed by atoms with Crippen LogP contribution in [-0.4, -0.2) is 81.4 Å². The van der Waals surface area contributed by atoms with Crippen LogP contribution in [0, 0.1) is 0 Å². The van der Waals surface area contributed by atoms with Crippen LogP contribution in [0.25, 0.3) is 11.2 Å². The van der Waals surface area contributed by atoms with E-state index in [-0.39, 0.29) is 48.1 Å². The average Bonchev–Trinajstić information content (AvgIpc) is 3.36. The average molecular weight is 666 g/mol. The van der Waals surface area contributed by atoms with Crippen LogP contribution in [0.4, 0.5) is 11.8 Å². The molecule has 0 aliphatic rings. The molecule has 0 saturated heterocycles. The second kappa shape index (κ2) is 19.9. The van der Waals surface area contributed by atoms with Crippen molar-refractivity contribution < 1.29 is 9.59 Å². The SMILES string of the molecule is CCCCNc1nc(N)c2[nH]c(=O)n(Cc3ccc(C(=O)CCC(=O)NCCCNCCCCCCCCN(C)C(C)(C)C)cc3)c2n1. The maximum Gasteiger partial charge on any atom is 0.328 e. The summed E-state index contributed by atoms with van der Waals surface area (Å²) in [7, 11) is 2.20. The summed E-state index contributed by atoms with van der Waals surface area (Å²) >= 11 is 0. The Morgan fingerprint density at radius 1 is 0.896 bits per heavy atom. The van der Waals surface area contributed by atoms with E-state index in [1.807, 2.05) is 12.1 Å². The highest BCUT2D eigenvalue weighted by Crippen LogP contribution is 2.18. The number of Topliss-reactive ketones (excluding diaryl/α,β-unsaturated/α-hetero) is 1. The molecule has 0 spiro atoms. The summed E-state index contributed by atoms with van der Waals surface area (Å²) in [5.41, 5.74) is 8.17. The van der Waals surface area contributed by atoms with Crippen LogP contribution < -0.4 is 27.4 Å². The van der Waals surface area contributed by atoms with E-state index in [0.29, 0.717) is 35.8 Å². The first-order valence-electron chi connectivity index (χ1n) is 17.8. The first kappa shape index (κ1) is 38.7. The van der Waals surface area contributed by atoms with E-state index >= 15 is 0 Å². The highest BCUT2D eigenvalue weighted by Gasteiger charge is 2.16. The molecule has 3 rings (SSSR count). The number of nitrogens with zero attached hydrogens (tertiary/aromatic N) is 4. The lowest BCUT2D eigenvalue weighted by atomic mass is 10.0. The lowest BCUT2D eigenvalue weighted by molar-refractivity contribution is -0.121. The summed E-state index contributed by atoms with van der Waals surface area (Å²) in [6.45, 7) is 13.5. The molecule has 1 aromatic carbocycles. The number of amides is 1. The van der Waals surface area contributed by atoms with Crippen LogP contribution in [0.15, 0.2) is 29.1 Å². The second-order valence-electron chi connectivity index (χ2n) is 13.7. The third kappa shape index (κ3) is 13.0. The molecule has 12 nitrogen and oxygen atoms in total. The molecule has 1 amide bonds. The summed E-state index contributed by atoms with van der Waals surface area (Å²) in [5.74, 6) is 0.380. The molecular formula is C36H59N9O3. The smallest absolute Gasteiger partial charge is 0.328 e. The van der Waals surface area contributed by atoms with Crippen molar-refractivity contribution >= 4 is 34.6 Å². The zero-order valence-electron chi connectivity index (χ0n) is 29.9. The van der Waals surface area contributed by atoms with Crippen LogP contribution in [0.2, 0.25) is 0 Å². The highest BCUT2D eigenvalue weighted by atomic mass is 16.2. The standard InChI is InChI=1S/C36H59N9O3/c1-6-7-23-40-34-42-32(37)31-33(43-34)45(35(48)41-31)26-27-15-17-28(18-16-27)29(46)19-20-30(47)39-24-14-22-38-21-12-10-8-9-11-13-25-44(5)36(2,3)4/h15-18,38H,6-14,19-26H2,1-5H3,(H,39,47)(H,41,48)(H3,37,40,42,43). The number of imidazole rings is 1. The van der Waals surface area contributed by atoms with Crippen molar-refractivity contribution in [1.29, 1.82) is 0 Å². The van der Waals surface area contributed by atoms with Crippen molar-refractivity contribution in [3.63, 3.8) is 0 Å². The second-order valence-corrected chi connectivity index (χ2v) is 13.7. The van der Waals surface area contributed by atoms with Gasteiger partial charge in [-0.1, -0.05) is 63.3 Å². The molecule has 2 aromatic heterocycles. The molecule has 0 saturated carbocycles. The number of nitrogens with two attached hydrogens (primary N) is 1. The lowest BCUT2D eigenvalue weighted by Gasteiger charge is -2.31. The molecule has 12 heteroatoms. The van der Waals surface area contributed by atoms with Crippen LogP contribution in [0.5, 0.6) is 0 Å². The maximum atomic E-state index is 12.7. The summed E-state index contributed by atoms with van der Waals surface area (Å²) in [4.78, 5) is 51.7. The van der Waals surface area contributed by atoms with Gasteiger partial charge in [-0.3, -0.25) is 14.2 Å². The molecule has 0 bridgehead atoms. The van der Waals surface area contributed by atoms with Gasteiger partial charge in [0.2, 0.25) is 11.9 Å². The molecule has 0 fully saturated rings. The Labute approximate surface area is 286 Å². The fourth-order valence-electron chi connectivity index (χ4n) is 5.30. The van der Waals surface area contributed by atoms with Crippen molar-refractivity contribution in [1.82, 2.24) is 35.1 Å². The minimum atomic E-state index is -0.338. The Morgan fingerprint density at radius 3 is 2.29 bits per heavy atom. The molecular weight excluding hydrogens is 606 g/mol. The lowest BCUT2D eigenvalue weighted by Crippen LogP contribution is -2.38. The number of ketones is 1. The van der Waals surface area contributed by atoms with E-state index in [9.17, 15) is 14.4 Å². The Morgan fingerprint density at radius 2 is 1.58 bits per heavy atom. The van der Waals surface area contributed by atoms with Crippen LogP contribution in [0.3, 0.4) is 0 Å². The minimum Gasteiger partial charge on any atom is -0.382 e. The van der Waals surface area contributed by atoms with Gasteiger partial charge in [-0.2, -0.15) is 9.97 Å². The van der Waals surface area contributed by atoms with E-state index in [4.69, 9.17) is 5.73 Å². The maximum absolute atomic E-state index is 12.7. The first-order chi connectivity index (χ1) is 23.0. The normalized spacial score (nSPS) is 11.8. The Balaban J connectivity index is 1.28. The van der Waals surface area contributed by atoms with E-state index in [1.54, 1.807) is 12.1 Å². The number of fused-ring (bicyclic) bond motifs is 1. The van der Waals surface area contributed by atoms with Gasteiger partial charge < -0.3 is 31.6 Å². The Hall–Kier alpha value is -3.77. The van der Waals surface area contributed by atoms with Crippen LogP contribution >= 0.6 is 0 Å². The molecule has 48 heavy (non-hydrogen) atoms. The van der Waals surface area contributed by atoms with Gasteiger partial charge in [-0.25, -0.2) is 4.79 Å². The van der Waals surface area contributed by atoms with E-state index in [0.717, 1.165) is 44.5 Å². The minimum absolute atomic E-state index is 0.0943. The molecule has 3 aromatic rings. The first-order valence-corrected chi connectivity index (χ1v) is 17.8. The number of H-pyrrole nitrogens is 1. The fraction of sp³-hybridized carbons (Fsp3) is 0.639. The molecule has 0 radical (unpaired) electrons. The van der Waals surface area contributed by atoms with Gasteiger partial charge in [0.25, 0.3) is 0 Å². The van der Waals surface area contributed by atoms with Crippen LogP contribution in [0.1, 0.15) is 114 Å². The molecule has 0 aliphatic carbocycles. The zero-order valence-corrected chi connectivity index (χ0v) is 29.9. The molecule has 0 atom stereocenters. The van der Waals surface area contributed by atoms with Crippen molar-refractivity contribution in [2.45, 2.75) is 110 Å². The van der Waals surface area contributed by atoms with E-state index < -0.39 is 0 Å². The third-order valence-corrected chi connectivity index (χ3v) is 8.75. The van der Waals surface area contributed by atoms with E-state index in [1.165, 1.54) is 43.1 Å². The number of aromatic amines is 1. The fourth-order valence-corrected chi connectivity index (χ4v) is 5.30. The molecule has 2 heterocycles. The number of nitrogen functional groups attached to an aromatic ring is 1. The summed E-state index contributed by atoms with van der Waals surface area (Å²) in [6, 6.07) is 7.08. The number of carbonyl (C=O) groups excluding carboxylic acids is 2. The highest BCUT2D eigenvalue weighted by molar-refractivity contribution is 5.98. The molecule has 6 N–H and O–H groups in total. The molecule has 0 aliphatic heterocycles. The van der Waals surface area contributed by atoms with Gasteiger partial charge in [-0.15, -0.1) is 0 Å². The number of hydrogen-bond acceptors (Lipinski definition) is 9. The van der Waals surface area contributed by atoms with Crippen LogP contribution in [-0.2, 0) is 11.3 Å². The number of carbonyl (C=O) groups is 2. The number of unbranched alkanes of at least 4 members (excludes halogenated alkanes) is 6. The third-order valence-electron chi connectivity index (χ3n) is 8.75. The number of aromatic nitrogens is 4. The zero-order chi connectivity index (χ0) is 34.9. The molecule has 266 valence electrons. The predicted octanol–water partition coefficient (Wildman–Crippen LogP) is 5.09. The van der Waals surface area contributed by atoms with Gasteiger partial charge in [0, 0.05) is 37.0 Å². The summed E-state index contributed by atoms with van der Waals surface area (Å²) in [6.07, 6.45) is 10.7. The van der Waals surface area contributed by atoms with Crippen molar-refractivity contribution in [2.75, 3.05) is 50.8 Å². The van der Waals surface area contributed by atoms with Crippen molar-refractivity contribution in [2.24, 2.45) is 0 Å². The van der Waals surface area contributed by atoms with Crippen molar-refractivity contribution in [3.8, 4) is 0 Å². The summed E-state index contributed by atoms with van der Waals surface area (Å²) in [5, 5.41) is 9.53. The van der Waals surface area contributed by atoms with Gasteiger partial charge in [-0.05, 0) is 78.7 Å². The Bertz CT molecular complexity index is 1470. The Kier molecular flexibility index (Phi) is 16.0. The number of rotatable bonds is 23. The molecule has 0 unspecified atom stereocenters. The number of nitrogens with one attached hydrogen (secondary N) is 4.